The summed E-state index contributed by atoms with van der Waals surface area (Å²) in [7, 11) is 0. The van der Waals surface area contributed by atoms with E-state index in [4.69, 9.17) is 9.47 Å². The standard InChI is InChI=1S/C18H30O2/c1-6-13-19-14-12-16(3)9-7-8-15(2)10-11-17-18(4,5)20-17/h6,8,12-13,17H,7,9-11,14H2,1-5H3/b13-6-,15-8+,16-12+. The molecule has 0 aromatic carbocycles. The van der Waals surface area contributed by atoms with Crippen LogP contribution in [0.25, 0.3) is 0 Å². The highest BCUT2D eigenvalue weighted by molar-refractivity contribution is 5.05. The van der Waals surface area contributed by atoms with Gasteiger partial charge in [0.15, 0.2) is 0 Å². The molecule has 0 aromatic heterocycles. The summed E-state index contributed by atoms with van der Waals surface area (Å²) in [6.45, 7) is 11.4. The Bertz CT molecular complexity index is 375. The average Bonchev–Trinajstić information content (AvgIpc) is 3.00. The van der Waals surface area contributed by atoms with Crippen LogP contribution < -0.4 is 0 Å². The van der Waals surface area contributed by atoms with Crippen molar-refractivity contribution in [3.63, 3.8) is 0 Å². The van der Waals surface area contributed by atoms with Crippen molar-refractivity contribution in [2.75, 3.05) is 6.61 Å². The van der Waals surface area contributed by atoms with Crippen molar-refractivity contribution < 1.29 is 9.47 Å². The highest BCUT2D eigenvalue weighted by Gasteiger charge is 2.46. The summed E-state index contributed by atoms with van der Waals surface area (Å²) in [4.78, 5) is 0. The van der Waals surface area contributed by atoms with Gasteiger partial charge in [-0.3, -0.25) is 0 Å². The first-order valence-corrected chi connectivity index (χ1v) is 7.67. The van der Waals surface area contributed by atoms with Crippen LogP contribution in [0.15, 0.2) is 35.6 Å². The molecule has 2 nitrogen and oxygen atoms in total. The van der Waals surface area contributed by atoms with E-state index >= 15 is 0 Å². The first-order valence-electron chi connectivity index (χ1n) is 7.67. The van der Waals surface area contributed by atoms with Crippen molar-refractivity contribution >= 4 is 0 Å². The highest BCUT2D eigenvalue weighted by atomic mass is 16.6. The molecule has 2 heteroatoms. The van der Waals surface area contributed by atoms with E-state index in [2.05, 4.69) is 39.8 Å². The Hall–Kier alpha value is -1.02. The van der Waals surface area contributed by atoms with Crippen LogP contribution in [0.1, 0.15) is 60.3 Å². The van der Waals surface area contributed by atoms with Crippen molar-refractivity contribution in [2.45, 2.75) is 72.0 Å². The molecule has 1 atom stereocenters. The Labute approximate surface area is 124 Å². The molecular weight excluding hydrogens is 248 g/mol. The Kier molecular flexibility index (Phi) is 7.08. The van der Waals surface area contributed by atoms with Crippen LogP contribution in [-0.4, -0.2) is 18.3 Å². The van der Waals surface area contributed by atoms with Crippen molar-refractivity contribution in [1.82, 2.24) is 0 Å². The van der Waals surface area contributed by atoms with E-state index in [1.54, 1.807) is 6.26 Å². The molecule has 0 aliphatic carbocycles. The first kappa shape index (κ1) is 17.0. The van der Waals surface area contributed by atoms with Crippen LogP contribution in [0.5, 0.6) is 0 Å². The number of ether oxygens (including phenoxy) is 2. The highest BCUT2D eigenvalue weighted by Crippen LogP contribution is 2.38. The molecule has 0 radical (unpaired) electrons. The Morgan fingerprint density at radius 3 is 2.40 bits per heavy atom. The second kappa shape index (κ2) is 8.31. The lowest BCUT2D eigenvalue weighted by Gasteiger charge is -2.02. The largest absolute Gasteiger partial charge is 0.497 e. The van der Waals surface area contributed by atoms with E-state index in [1.807, 2.05) is 13.0 Å². The summed E-state index contributed by atoms with van der Waals surface area (Å²) in [5.74, 6) is 0. The zero-order valence-corrected chi connectivity index (χ0v) is 13.7. The van der Waals surface area contributed by atoms with E-state index in [1.165, 1.54) is 11.1 Å². The molecule has 20 heavy (non-hydrogen) atoms. The molecule has 0 N–H and O–H groups in total. The quantitative estimate of drug-likeness (QED) is 0.251. The van der Waals surface area contributed by atoms with E-state index in [-0.39, 0.29) is 5.60 Å². The molecule has 0 amide bonds. The van der Waals surface area contributed by atoms with E-state index in [0.717, 1.165) is 25.7 Å². The van der Waals surface area contributed by atoms with Gasteiger partial charge in [0.1, 0.15) is 6.61 Å². The lowest BCUT2D eigenvalue weighted by Crippen LogP contribution is -2.02. The number of epoxide rings is 1. The third-order valence-corrected chi connectivity index (χ3v) is 3.76. The van der Waals surface area contributed by atoms with Gasteiger partial charge in [-0.15, -0.1) is 0 Å². The summed E-state index contributed by atoms with van der Waals surface area (Å²) >= 11 is 0. The van der Waals surface area contributed by atoms with Gasteiger partial charge in [0.2, 0.25) is 0 Å². The monoisotopic (exact) mass is 278 g/mol. The van der Waals surface area contributed by atoms with Crippen molar-refractivity contribution in [3.8, 4) is 0 Å². The maximum atomic E-state index is 5.61. The SMILES string of the molecule is C/C=C\OC/C=C(\C)CC/C=C(\C)CCC1OC1(C)C. The van der Waals surface area contributed by atoms with E-state index in [9.17, 15) is 0 Å². The van der Waals surface area contributed by atoms with E-state index < -0.39 is 0 Å². The topological polar surface area (TPSA) is 21.8 Å². The fraction of sp³-hybridized carbons (Fsp3) is 0.667. The third kappa shape index (κ3) is 6.95. The molecule has 0 spiro atoms. The van der Waals surface area contributed by atoms with Gasteiger partial charge in [0, 0.05) is 0 Å². The van der Waals surface area contributed by atoms with Crippen LogP contribution in [0, 0.1) is 0 Å². The zero-order valence-electron chi connectivity index (χ0n) is 13.7. The van der Waals surface area contributed by atoms with Crippen LogP contribution >= 0.6 is 0 Å². The first-order chi connectivity index (χ1) is 9.45. The smallest absolute Gasteiger partial charge is 0.106 e. The van der Waals surface area contributed by atoms with Gasteiger partial charge in [-0.05, 0) is 66.4 Å². The van der Waals surface area contributed by atoms with Gasteiger partial charge in [-0.1, -0.05) is 23.3 Å². The minimum absolute atomic E-state index is 0.131. The predicted molar refractivity (Wildman–Crippen MR) is 85.7 cm³/mol. The Balaban J connectivity index is 2.13. The maximum Gasteiger partial charge on any atom is 0.106 e. The van der Waals surface area contributed by atoms with Gasteiger partial charge >= 0.3 is 0 Å². The fourth-order valence-electron chi connectivity index (χ4n) is 2.19. The Morgan fingerprint density at radius 1 is 1.15 bits per heavy atom. The van der Waals surface area contributed by atoms with Gasteiger partial charge < -0.3 is 9.47 Å². The molecule has 0 bridgehead atoms. The van der Waals surface area contributed by atoms with Crippen LogP contribution in [-0.2, 0) is 9.47 Å². The summed E-state index contributed by atoms with van der Waals surface area (Å²) in [6.07, 6.45) is 13.2. The van der Waals surface area contributed by atoms with Gasteiger partial charge in [-0.25, -0.2) is 0 Å². The van der Waals surface area contributed by atoms with Gasteiger partial charge in [0.05, 0.1) is 18.0 Å². The van der Waals surface area contributed by atoms with Gasteiger partial charge in [-0.2, -0.15) is 0 Å². The minimum atomic E-state index is 0.131. The number of allylic oxidation sites excluding steroid dienone is 4. The maximum absolute atomic E-state index is 5.61. The molecule has 1 aliphatic rings. The summed E-state index contributed by atoms with van der Waals surface area (Å²) in [5, 5.41) is 0. The van der Waals surface area contributed by atoms with Crippen molar-refractivity contribution in [1.29, 1.82) is 0 Å². The van der Waals surface area contributed by atoms with Crippen LogP contribution in [0.3, 0.4) is 0 Å². The minimum Gasteiger partial charge on any atom is -0.497 e. The summed E-state index contributed by atoms with van der Waals surface area (Å²) in [5.41, 5.74) is 3.01. The average molecular weight is 278 g/mol. The lowest BCUT2D eigenvalue weighted by atomic mass is 10.0. The fourth-order valence-corrected chi connectivity index (χ4v) is 2.19. The molecule has 1 aliphatic heterocycles. The van der Waals surface area contributed by atoms with Crippen molar-refractivity contribution in [2.24, 2.45) is 0 Å². The molecule has 1 heterocycles. The second-order valence-electron chi connectivity index (χ2n) is 6.19. The third-order valence-electron chi connectivity index (χ3n) is 3.76. The zero-order chi connectivity index (χ0) is 15.0. The Morgan fingerprint density at radius 2 is 1.80 bits per heavy atom. The number of hydrogen-bond acceptors (Lipinski definition) is 2. The molecular formula is C18H30O2. The summed E-state index contributed by atoms with van der Waals surface area (Å²) in [6, 6.07) is 0. The molecule has 1 rings (SSSR count). The van der Waals surface area contributed by atoms with Crippen LogP contribution in [0.4, 0.5) is 0 Å². The normalized spacial score (nSPS) is 22.4. The molecule has 0 aromatic rings. The van der Waals surface area contributed by atoms with Gasteiger partial charge in [0.25, 0.3) is 0 Å². The molecule has 114 valence electrons. The molecule has 1 fully saturated rings. The lowest BCUT2D eigenvalue weighted by molar-refractivity contribution is 0.288. The summed E-state index contributed by atoms with van der Waals surface area (Å²) < 4.78 is 10.9. The molecule has 1 unspecified atom stereocenters. The predicted octanol–water partition coefficient (Wildman–Crippen LogP) is 5.17. The van der Waals surface area contributed by atoms with E-state index in [0.29, 0.717) is 12.7 Å². The van der Waals surface area contributed by atoms with Crippen molar-refractivity contribution in [3.05, 3.63) is 35.6 Å². The molecule has 0 saturated carbocycles. The number of rotatable bonds is 9. The second-order valence-corrected chi connectivity index (χ2v) is 6.19. The molecule has 1 saturated heterocycles. The number of hydrogen-bond donors (Lipinski definition) is 0. The van der Waals surface area contributed by atoms with Crippen LogP contribution in [0.2, 0.25) is 0 Å².